The molecule has 1 aromatic rings. The van der Waals surface area contributed by atoms with Crippen LogP contribution in [0.3, 0.4) is 0 Å². The fourth-order valence-electron chi connectivity index (χ4n) is 2.50. The number of carbonyl (C=O) groups excluding carboxylic acids is 2. The number of nitrogens with zero attached hydrogens (tertiary/aromatic N) is 2. The van der Waals surface area contributed by atoms with E-state index in [0.717, 1.165) is 5.56 Å². The summed E-state index contributed by atoms with van der Waals surface area (Å²) in [5.41, 5.74) is 0.791. The number of ether oxygens (including phenoxy) is 1. The average molecular weight is 325 g/mol. The van der Waals surface area contributed by atoms with Crippen LogP contribution in [-0.4, -0.2) is 54.9 Å². The number of rotatable bonds is 4. The zero-order valence-corrected chi connectivity index (χ0v) is 13.7. The van der Waals surface area contributed by atoms with Crippen molar-refractivity contribution >= 4 is 23.4 Å². The number of benzene rings is 1. The largest absolute Gasteiger partial charge is 0.497 e. The maximum atomic E-state index is 12.4. The summed E-state index contributed by atoms with van der Waals surface area (Å²) in [6, 6.07) is 5.32. The Morgan fingerprint density at radius 3 is 2.23 bits per heavy atom. The normalized spacial score (nSPS) is 14.9. The topological polar surface area (TPSA) is 49.9 Å². The summed E-state index contributed by atoms with van der Waals surface area (Å²) in [6.07, 6.45) is 0.778. The molecule has 2 amide bonds. The third-order valence-electron chi connectivity index (χ3n) is 3.89. The number of halogens is 1. The third kappa shape index (κ3) is 3.91. The van der Waals surface area contributed by atoms with E-state index in [2.05, 4.69) is 0 Å². The minimum Gasteiger partial charge on any atom is -0.497 e. The number of piperazine rings is 1. The molecule has 1 aliphatic heterocycles. The Balaban J connectivity index is 1.92. The molecule has 0 radical (unpaired) electrons. The van der Waals surface area contributed by atoms with Crippen LogP contribution in [0.15, 0.2) is 18.2 Å². The first kappa shape index (κ1) is 16.6. The minimum atomic E-state index is 0.0377. The summed E-state index contributed by atoms with van der Waals surface area (Å²) in [5.74, 6) is 0.855. The molecule has 1 aliphatic rings. The van der Waals surface area contributed by atoms with Crippen LogP contribution >= 0.6 is 11.6 Å². The molecule has 0 bridgehead atoms. The van der Waals surface area contributed by atoms with Crippen LogP contribution < -0.4 is 4.74 Å². The fraction of sp³-hybridized carbons (Fsp3) is 0.500. The van der Waals surface area contributed by atoms with Gasteiger partial charge in [-0.25, -0.2) is 0 Å². The molecule has 0 saturated carbocycles. The fourth-order valence-corrected chi connectivity index (χ4v) is 2.74. The van der Waals surface area contributed by atoms with Crippen molar-refractivity contribution in [2.75, 3.05) is 33.3 Å². The van der Waals surface area contributed by atoms with Gasteiger partial charge in [-0.05, 0) is 17.7 Å². The van der Waals surface area contributed by atoms with Crippen molar-refractivity contribution in [1.29, 1.82) is 0 Å². The highest BCUT2D eigenvalue weighted by Crippen LogP contribution is 2.23. The van der Waals surface area contributed by atoms with Gasteiger partial charge < -0.3 is 14.5 Å². The highest BCUT2D eigenvalue weighted by molar-refractivity contribution is 6.31. The third-order valence-corrected chi connectivity index (χ3v) is 4.24. The molecule has 6 heteroatoms. The van der Waals surface area contributed by atoms with Gasteiger partial charge in [-0.1, -0.05) is 24.6 Å². The lowest BCUT2D eigenvalue weighted by Gasteiger charge is -2.34. The molecule has 0 aliphatic carbocycles. The Kier molecular flexibility index (Phi) is 5.66. The number of hydrogen-bond acceptors (Lipinski definition) is 3. The summed E-state index contributed by atoms with van der Waals surface area (Å²) in [4.78, 5) is 27.6. The van der Waals surface area contributed by atoms with Crippen molar-refractivity contribution in [2.45, 2.75) is 19.8 Å². The standard InChI is InChI=1S/C16H21ClN2O3/c1-3-15(20)18-6-8-19(9-7-18)16(21)10-12-4-5-13(22-2)11-14(12)17/h4-5,11H,3,6-10H2,1-2H3. The van der Waals surface area contributed by atoms with Gasteiger partial charge in [0.05, 0.1) is 13.5 Å². The summed E-state index contributed by atoms with van der Waals surface area (Å²) >= 11 is 6.17. The van der Waals surface area contributed by atoms with Gasteiger partial charge in [0.2, 0.25) is 11.8 Å². The lowest BCUT2D eigenvalue weighted by atomic mass is 10.1. The molecule has 120 valence electrons. The maximum absolute atomic E-state index is 12.4. The van der Waals surface area contributed by atoms with Crippen LogP contribution in [0.5, 0.6) is 5.75 Å². The monoisotopic (exact) mass is 324 g/mol. The van der Waals surface area contributed by atoms with E-state index in [4.69, 9.17) is 16.3 Å². The molecule has 0 atom stereocenters. The van der Waals surface area contributed by atoms with Gasteiger partial charge in [0.15, 0.2) is 0 Å². The van der Waals surface area contributed by atoms with Gasteiger partial charge in [0.1, 0.15) is 5.75 Å². The molecule has 1 heterocycles. The molecule has 22 heavy (non-hydrogen) atoms. The van der Waals surface area contributed by atoms with Crippen molar-refractivity contribution in [2.24, 2.45) is 0 Å². The molecule has 1 aromatic carbocycles. The highest BCUT2D eigenvalue weighted by Gasteiger charge is 2.23. The molecule has 5 nitrogen and oxygen atoms in total. The molecule has 0 unspecified atom stereocenters. The highest BCUT2D eigenvalue weighted by atomic mass is 35.5. The van der Waals surface area contributed by atoms with Crippen molar-refractivity contribution < 1.29 is 14.3 Å². The van der Waals surface area contributed by atoms with E-state index in [1.807, 2.05) is 17.9 Å². The number of amides is 2. The Morgan fingerprint density at radius 1 is 1.14 bits per heavy atom. The first-order valence-electron chi connectivity index (χ1n) is 7.43. The van der Waals surface area contributed by atoms with Crippen LogP contribution in [0.4, 0.5) is 0 Å². The van der Waals surface area contributed by atoms with Gasteiger partial charge in [0, 0.05) is 37.6 Å². The first-order valence-corrected chi connectivity index (χ1v) is 7.81. The van der Waals surface area contributed by atoms with E-state index in [1.165, 1.54) is 0 Å². The van der Waals surface area contributed by atoms with Gasteiger partial charge in [-0.2, -0.15) is 0 Å². The van der Waals surface area contributed by atoms with Crippen LogP contribution in [0.25, 0.3) is 0 Å². The van der Waals surface area contributed by atoms with Gasteiger partial charge in [0.25, 0.3) is 0 Å². The average Bonchev–Trinajstić information content (AvgIpc) is 2.56. The summed E-state index contributed by atoms with van der Waals surface area (Å²) in [6.45, 7) is 4.23. The Morgan fingerprint density at radius 2 is 1.73 bits per heavy atom. The predicted octanol–water partition coefficient (Wildman–Crippen LogP) is 1.97. The van der Waals surface area contributed by atoms with Crippen molar-refractivity contribution in [1.82, 2.24) is 9.80 Å². The van der Waals surface area contributed by atoms with Crippen LogP contribution in [-0.2, 0) is 16.0 Å². The van der Waals surface area contributed by atoms with Crippen molar-refractivity contribution in [3.05, 3.63) is 28.8 Å². The van der Waals surface area contributed by atoms with Crippen LogP contribution in [0.2, 0.25) is 5.02 Å². The van der Waals surface area contributed by atoms with E-state index >= 15 is 0 Å². The number of carbonyl (C=O) groups is 2. The van der Waals surface area contributed by atoms with Gasteiger partial charge >= 0.3 is 0 Å². The second kappa shape index (κ2) is 7.49. The summed E-state index contributed by atoms with van der Waals surface area (Å²) in [7, 11) is 1.58. The van der Waals surface area contributed by atoms with Gasteiger partial charge in [-0.15, -0.1) is 0 Å². The Labute approximate surface area is 135 Å². The maximum Gasteiger partial charge on any atom is 0.227 e. The minimum absolute atomic E-state index is 0.0377. The van der Waals surface area contributed by atoms with Crippen molar-refractivity contribution in [3.8, 4) is 5.75 Å². The lowest BCUT2D eigenvalue weighted by molar-refractivity contribution is -0.139. The molecular formula is C16H21ClN2O3. The zero-order chi connectivity index (χ0) is 16.1. The molecule has 0 aromatic heterocycles. The predicted molar refractivity (Wildman–Crippen MR) is 85.2 cm³/mol. The Bertz CT molecular complexity index is 554. The van der Waals surface area contributed by atoms with E-state index < -0.39 is 0 Å². The molecule has 2 rings (SSSR count). The molecule has 0 N–H and O–H groups in total. The molecule has 1 saturated heterocycles. The summed E-state index contributed by atoms with van der Waals surface area (Å²) in [5, 5.41) is 0.535. The zero-order valence-electron chi connectivity index (χ0n) is 13.0. The second-order valence-electron chi connectivity index (χ2n) is 5.25. The van der Waals surface area contributed by atoms with E-state index in [-0.39, 0.29) is 18.2 Å². The lowest BCUT2D eigenvalue weighted by Crippen LogP contribution is -2.50. The smallest absolute Gasteiger partial charge is 0.227 e. The molecular weight excluding hydrogens is 304 g/mol. The Hall–Kier alpha value is -1.75. The SMILES string of the molecule is CCC(=O)N1CCN(C(=O)Cc2ccc(OC)cc2Cl)CC1. The summed E-state index contributed by atoms with van der Waals surface area (Å²) < 4.78 is 5.10. The quantitative estimate of drug-likeness (QED) is 0.851. The van der Waals surface area contributed by atoms with E-state index in [0.29, 0.717) is 43.4 Å². The number of hydrogen-bond donors (Lipinski definition) is 0. The number of methoxy groups -OCH3 is 1. The molecule has 1 fully saturated rings. The van der Waals surface area contributed by atoms with E-state index in [1.54, 1.807) is 24.1 Å². The first-order chi connectivity index (χ1) is 10.5. The molecule has 0 spiro atoms. The van der Waals surface area contributed by atoms with Crippen LogP contribution in [0, 0.1) is 0 Å². The van der Waals surface area contributed by atoms with Crippen LogP contribution in [0.1, 0.15) is 18.9 Å². The van der Waals surface area contributed by atoms with E-state index in [9.17, 15) is 9.59 Å². The van der Waals surface area contributed by atoms with Gasteiger partial charge in [-0.3, -0.25) is 9.59 Å². The second-order valence-corrected chi connectivity index (χ2v) is 5.66. The van der Waals surface area contributed by atoms with Crippen molar-refractivity contribution in [3.63, 3.8) is 0 Å².